The van der Waals surface area contributed by atoms with Gasteiger partial charge in [-0.1, -0.05) is 0 Å². The highest BCUT2D eigenvalue weighted by Crippen LogP contribution is 2.28. The van der Waals surface area contributed by atoms with E-state index in [9.17, 15) is 23.7 Å². The standard InChI is InChI=1S/C12H15F2N3O4/c1-6(5-12(2,16)11(15)18)21-10-4-7(13)9(17(19)20)3-8(10)14/h3-4,6H,5,16H2,1-2H3,(H2,15,18). The first-order valence-corrected chi connectivity index (χ1v) is 5.93. The van der Waals surface area contributed by atoms with Crippen LogP contribution in [0.25, 0.3) is 0 Å². The van der Waals surface area contributed by atoms with Crippen LogP contribution in [-0.2, 0) is 4.79 Å². The van der Waals surface area contributed by atoms with E-state index in [2.05, 4.69) is 0 Å². The van der Waals surface area contributed by atoms with Gasteiger partial charge >= 0.3 is 5.69 Å². The van der Waals surface area contributed by atoms with Gasteiger partial charge in [-0.3, -0.25) is 14.9 Å². The number of ether oxygens (including phenoxy) is 1. The first kappa shape index (κ1) is 16.8. The number of carbonyl (C=O) groups excluding carboxylic acids is 1. The highest BCUT2D eigenvalue weighted by atomic mass is 19.1. The molecule has 116 valence electrons. The van der Waals surface area contributed by atoms with E-state index in [0.29, 0.717) is 12.1 Å². The predicted octanol–water partition coefficient (Wildman–Crippen LogP) is 1.23. The van der Waals surface area contributed by atoms with Crippen molar-refractivity contribution in [3.63, 3.8) is 0 Å². The summed E-state index contributed by atoms with van der Waals surface area (Å²) in [5.74, 6) is -3.60. The van der Waals surface area contributed by atoms with Crippen LogP contribution in [-0.4, -0.2) is 22.5 Å². The number of rotatable bonds is 6. The minimum absolute atomic E-state index is 0.0413. The summed E-state index contributed by atoms with van der Waals surface area (Å²) in [7, 11) is 0. The molecule has 0 bridgehead atoms. The first-order chi connectivity index (χ1) is 9.54. The molecule has 0 saturated carbocycles. The molecule has 2 unspecified atom stereocenters. The monoisotopic (exact) mass is 303 g/mol. The molecule has 21 heavy (non-hydrogen) atoms. The van der Waals surface area contributed by atoms with Gasteiger partial charge in [0, 0.05) is 12.5 Å². The van der Waals surface area contributed by atoms with Gasteiger partial charge in [-0.2, -0.15) is 4.39 Å². The highest BCUT2D eigenvalue weighted by molar-refractivity contribution is 5.83. The number of nitrogens with zero attached hydrogens (tertiary/aromatic N) is 1. The molecule has 0 saturated heterocycles. The van der Waals surface area contributed by atoms with Gasteiger partial charge in [0.05, 0.1) is 22.6 Å². The third-order valence-corrected chi connectivity index (χ3v) is 2.80. The van der Waals surface area contributed by atoms with Gasteiger partial charge in [-0.15, -0.1) is 0 Å². The lowest BCUT2D eigenvalue weighted by Gasteiger charge is -2.25. The summed E-state index contributed by atoms with van der Waals surface area (Å²) in [6, 6.07) is 0.995. The lowest BCUT2D eigenvalue weighted by molar-refractivity contribution is -0.387. The second kappa shape index (κ2) is 6.00. The molecule has 2 atom stereocenters. The summed E-state index contributed by atoms with van der Waals surface area (Å²) in [5.41, 5.74) is 8.35. The van der Waals surface area contributed by atoms with Crippen molar-refractivity contribution in [3.8, 4) is 5.75 Å². The lowest BCUT2D eigenvalue weighted by atomic mass is 9.95. The number of amides is 1. The van der Waals surface area contributed by atoms with E-state index in [1.807, 2.05) is 0 Å². The van der Waals surface area contributed by atoms with Crippen LogP contribution >= 0.6 is 0 Å². The maximum Gasteiger partial charge on any atom is 0.307 e. The van der Waals surface area contributed by atoms with E-state index in [4.69, 9.17) is 16.2 Å². The van der Waals surface area contributed by atoms with Crippen molar-refractivity contribution >= 4 is 11.6 Å². The van der Waals surface area contributed by atoms with Crippen LogP contribution < -0.4 is 16.2 Å². The number of primary amides is 1. The Bertz CT molecular complexity index is 578. The molecule has 0 aromatic heterocycles. The van der Waals surface area contributed by atoms with Crippen molar-refractivity contribution < 1.29 is 23.2 Å². The Hall–Kier alpha value is -2.29. The second-order valence-corrected chi connectivity index (χ2v) is 4.91. The number of benzene rings is 1. The van der Waals surface area contributed by atoms with Crippen molar-refractivity contribution in [1.82, 2.24) is 0 Å². The van der Waals surface area contributed by atoms with Crippen LogP contribution in [0, 0.1) is 21.7 Å². The van der Waals surface area contributed by atoms with Crippen LogP contribution in [0.1, 0.15) is 20.3 Å². The number of hydrogen-bond acceptors (Lipinski definition) is 5. The number of nitro groups is 1. The van der Waals surface area contributed by atoms with Gasteiger partial charge in [0.15, 0.2) is 11.6 Å². The Morgan fingerprint density at radius 1 is 1.48 bits per heavy atom. The third-order valence-electron chi connectivity index (χ3n) is 2.80. The van der Waals surface area contributed by atoms with E-state index in [0.717, 1.165) is 0 Å². The number of nitro benzene ring substituents is 1. The van der Waals surface area contributed by atoms with Gasteiger partial charge < -0.3 is 16.2 Å². The first-order valence-electron chi connectivity index (χ1n) is 5.93. The van der Waals surface area contributed by atoms with Crippen LogP contribution in [0.2, 0.25) is 0 Å². The molecule has 1 aromatic rings. The third kappa shape index (κ3) is 4.09. The van der Waals surface area contributed by atoms with Crippen LogP contribution in [0.5, 0.6) is 5.75 Å². The summed E-state index contributed by atoms with van der Waals surface area (Å²) in [4.78, 5) is 20.5. The zero-order chi connectivity index (χ0) is 16.4. The molecule has 0 heterocycles. The summed E-state index contributed by atoms with van der Waals surface area (Å²) >= 11 is 0. The summed E-state index contributed by atoms with van der Waals surface area (Å²) in [6.45, 7) is 2.86. The number of nitrogens with two attached hydrogens (primary N) is 2. The fourth-order valence-electron chi connectivity index (χ4n) is 1.70. The van der Waals surface area contributed by atoms with Crippen molar-refractivity contribution in [1.29, 1.82) is 0 Å². The smallest absolute Gasteiger partial charge is 0.307 e. The van der Waals surface area contributed by atoms with Gasteiger partial charge in [-0.25, -0.2) is 4.39 Å². The topological polar surface area (TPSA) is 121 Å². The van der Waals surface area contributed by atoms with Gasteiger partial charge in [0.2, 0.25) is 11.7 Å². The van der Waals surface area contributed by atoms with Crippen molar-refractivity contribution in [2.45, 2.75) is 31.9 Å². The van der Waals surface area contributed by atoms with E-state index in [1.54, 1.807) is 0 Å². The van der Waals surface area contributed by atoms with Crippen molar-refractivity contribution in [2.24, 2.45) is 11.5 Å². The normalized spacial score (nSPS) is 15.1. The minimum atomic E-state index is -1.38. The van der Waals surface area contributed by atoms with Gasteiger partial charge in [-0.05, 0) is 13.8 Å². The number of hydrogen-bond donors (Lipinski definition) is 2. The molecule has 1 aromatic carbocycles. The molecule has 9 heteroatoms. The number of halogens is 2. The number of carbonyl (C=O) groups is 1. The zero-order valence-corrected chi connectivity index (χ0v) is 11.4. The van der Waals surface area contributed by atoms with E-state index in [1.165, 1.54) is 13.8 Å². The Labute approximate surface area is 119 Å². The average molecular weight is 303 g/mol. The molecule has 0 aliphatic rings. The largest absolute Gasteiger partial charge is 0.487 e. The highest BCUT2D eigenvalue weighted by Gasteiger charge is 2.29. The maximum atomic E-state index is 13.6. The van der Waals surface area contributed by atoms with E-state index in [-0.39, 0.29) is 6.42 Å². The Morgan fingerprint density at radius 3 is 2.52 bits per heavy atom. The predicted molar refractivity (Wildman–Crippen MR) is 69.5 cm³/mol. The molecule has 0 aliphatic heterocycles. The second-order valence-electron chi connectivity index (χ2n) is 4.91. The minimum Gasteiger partial charge on any atom is -0.487 e. The molecule has 0 aliphatic carbocycles. The molecular weight excluding hydrogens is 288 g/mol. The van der Waals surface area contributed by atoms with Crippen molar-refractivity contribution in [3.05, 3.63) is 33.9 Å². The molecular formula is C12H15F2N3O4. The Morgan fingerprint density at radius 2 is 2.05 bits per heavy atom. The Balaban J connectivity index is 2.91. The van der Waals surface area contributed by atoms with Gasteiger partial charge in [0.1, 0.15) is 0 Å². The van der Waals surface area contributed by atoms with E-state index < -0.39 is 45.5 Å². The quantitative estimate of drug-likeness (QED) is 0.604. The molecule has 0 radical (unpaired) electrons. The van der Waals surface area contributed by atoms with Crippen LogP contribution in [0.3, 0.4) is 0 Å². The molecule has 0 fully saturated rings. The molecule has 7 nitrogen and oxygen atoms in total. The van der Waals surface area contributed by atoms with E-state index >= 15 is 0 Å². The SMILES string of the molecule is CC(CC(C)(N)C(N)=O)Oc1cc(F)c([N+](=O)[O-])cc1F. The summed E-state index contributed by atoms with van der Waals surface area (Å²) in [6.07, 6.45) is -0.803. The zero-order valence-electron chi connectivity index (χ0n) is 11.4. The summed E-state index contributed by atoms with van der Waals surface area (Å²) in [5, 5.41) is 10.5. The fourth-order valence-corrected chi connectivity index (χ4v) is 1.70. The molecule has 1 rings (SSSR count). The van der Waals surface area contributed by atoms with Crippen LogP contribution in [0.4, 0.5) is 14.5 Å². The fraction of sp³-hybridized carbons (Fsp3) is 0.417. The average Bonchev–Trinajstić information content (AvgIpc) is 2.31. The van der Waals surface area contributed by atoms with Crippen molar-refractivity contribution in [2.75, 3.05) is 0 Å². The summed E-state index contributed by atoms with van der Waals surface area (Å²) < 4.78 is 32.2. The lowest BCUT2D eigenvalue weighted by Crippen LogP contribution is -2.51. The maximum absolute atomic E-state index is 13.6. The Kier molecular flexibility index (Phi) is 4.79. The molecule has 1 amide bonds. The molecule has 0 spiro atoms. The van der Waals surface area contributed by atoms with Crippen LogP contribution in [0.15, 0.2) is 12.1 Å². The van der Waals surface area contributed by atoms with Gasteiger partial charge in [0.25, 0.3) is 0 Å². The molecule has 4 N–H and O–H groups in total.